The molecule has 1 N–H and O–H groups in total. The highest BCUT2D eigenvalue weighted by Crippen LogP contribution is 2.57. The number of hydrogen-bond donors (Lipinski definition) is 1. The van der Waals surface area contributed by atoms with E-state index in [1.165, 1.54) is 18.4 Å². The van der Waals surface area contributed by atoms with Gasteiger partial charge in [-0.15, -0.1) is 0 Å². The molecule has 5 nitrogen and oxygen atoms in total. The third kappa shape index (κ3) is 4.35. The number of carbonyl (C=O) groups is 1. The SMILES string of the molecule is C=C1CCC[C@]2(C)C[C@H]3OC(=O)[C@@H](CN4CCN(C(O)(c5ccccc5)c5ccccc5)CC4)[C@H]3C[C@@H]12. The van der Waals surface area contributed by atoms with Crippen molar-refractivity contribution in [1.82, 2.24) is 9.80 Å². The van der Waals surface area contributed by atoms with Crippen molar-refractivity contribution < 1.29 is 14.6 Å². The van der Waals surface area contributed by atoms with Gasteiger partial charge >= 0.3 is 5.97 Å². The maximum atomic E-state index is 13.1. The Labute approximate surface area is 221 Å². The maximum absolute atomic E-state index is 13.1. The Balaban J connectivity index is 1.15. The first-order valence-electron chi connectivity index (χ1n) is 14.1. The molecule has 4 aliphatic rings. The molecule has 2 heterocycles. The van der Waals surface area contributed by atoms with Crippen molar-refractivity contribution >= 4 is 5.97 Å². The number of nitrogens with zero attached hydrogens (tertiary/aromatic N) is 2. The predicted molar refractivity (Wildman–Crippen MR) is 145 cm³/mol. The molecule has 2 aliphatic carbocycles. The van der Waals surface area contributed by atoms with Gasteiger partial charge in [-0.25, -0.2) is 0 Å². The summed E-state index contributed by atoms with van der Waals surface area (Å²) in [6.45, 7) is 10.7. The zero-order valence-corrected chi connectivity index (χ0v) is 22.0. The number of hydrogen-bond acceptors (Lipinski definition) is 5. The molecule has 2 aromatic carbocycles. The van der Waals surface area contributed by atoms with Crippen molar-refractivity contribution in [2.45, 2.75) is 50.9 Å². The number of rotatable bonds is 5. The Morgan fingerprint density at radius 3 is 2.27 bits per heavy atom. The van der Waals surface area contributed by atoms with Crippen molar-refractivity contribution in [1.29, 1.82) is 0 Å². The zero-order valence-electron chi connectivity index (χ0n) is 22.0. The van der Waals surface area contributed by atoms with Gasteiger partial charge in [0.25, 0.3) is 0 Å². The molecule has 2 aromatic rings. The lowest BCUT2D eigenvalue weighted by molar-refractivity contribution is -0.146. The van der Waals surface area contributed by atoms with Gasteiger partial charge in [-0.2, -0.15) is 0 Å². The highest BCUT2D eigenvalue weighted by atomic mass is 16.6. The number of aliphatic hydroxyl groups is 1. The molecule has 6 rings (SSSR count). The maximum Gasteiger partial charge on any atom is 0.310 e. The van der Waals surface area contributed by atoms with E-state index in [4.69, 9.17) is 4.74 Å². The number of piperazine rings is 1. The lowest BCUT2D eigenvalue weighted by Gasteiger charge is -2.50. The van der Waals surface area contributed by atoms with Crippen molar-refractivity contribution in [2.24, 2.45) is 23.2 Å². The van der Waals surface area contributed by atoms with Crippen molar-refractivity contribution in [2.75, 3.05) is 32.7 Å². The smallest absolute Gasteiger partial charge is 0.310 e. The van der Waals surface area contributed by atoms with Gasteiger partial charge in [0.1, 0.15) is 6.10 Å². The van der Waals surface area contributed by atoms with Gasteiger partial charge in [-0.1, -0.05) is 79.7 Å². The highest BCUT2D eigenvalue weighted by molar-refractivity contribution is 5.75. The van der Waals surface area contributed by atoms with Crippen LogP contribution < -0.4 is 0 Å². The number of ether oxygens (including phenoxy) is 1. The fourth-order valence-corrected chi connectivity index (χ4v) is 7.87. The molecule has 2 saturated carbocycles. The Kier molecular flexibility index (Phi) is 6.50. The van der Waals surface area contributed by atoms with Crippen LogP contribution >= 0.6 is 0 Å². The van der Waals surface area contributed by atoms with Crippen LogP contribution in [-0.2, 0) is 15.3 Å². The molecular formula is C32H40N2O3. The topological polar surface area (TPSA) is 53.0 Å². The standard InChI is InChI=1S/C32H40N2O3/c1-23-10-9-15-31(2)21-29-26(20-28(23)31)27(30(35)37-29)22-33-16-18-34(19-17-33)32(36,24-11-5-3-6-12-24)25-13-7-4-8-14-25/h3-8,11-14,26-29,36H,1,9-10,15-22H2,2H3/t26-,27+,28+,29-,31-/m1/s1. The first-order valence-corrected chi connectivity index (χ1v) is 14.1. The quantitative estimate of drug-likeness (QED) is 0.472. The molecule has 5 atom stereocenters. The molecule has 37 heavy (non-hydrogen) atoms. The third-order valence-corrected chi connectivity index (χ3v) is 9.96. The van der Waals surface area contributed by atoms with Crippen LogP contribution in [-0.4, -0.2) is 59.7 Å². The summed E-state index contributed by atoms with van der Waals surface area (Å²) in [7, 11) is 0. The Hall–Kier alpha value is -2.47. The van der Waals surface area contributed by atoms with Crippen LogP contribution in [0, 0.1) is 23.2 Å². The number of benzene rings is 2. The van der Waals surface area contributed by atoms with E-state index in [0.29, 0.717) is 11.8 Å². The molecular weight excluding hydrogens is 460 g/mol. The second-order valence-electron chi connectivity index (χ2n) is 12.1. The van der Waals surface area contributed by atoms with Gasteiger partial charge in [0.2, 0.25) is 0 Å². The van der Waals surface area contributed by atoms with Crippen LogP contribution in [0.5, 0.6) is 0 Å². The largest absolute Gasteiger partial charge is 0.462 e. The minimum atomic E-state index is -1.18. The molecule has 0 bridgehead atoms. The van der Waals surface area contributed by atoms with Gasteiger partial charge in [0, 0.05) is 49.8 Å². The summed E-state index contributed by atoms with van der Waals surface area (Å²) >= 11 is 0. The Bertz CT molecular complexity index is 1090. The molecule has 0 amide bonds. The molecule has 4 fully saturated rings. The third-order valence-electron chi connectivity index (χ3n) is 9.96. The summed E-state index contributed by atoms with van der Waals surface area (Å²) in [6.07, 6.45) is 5.65. The fraction of sp³-hybridized carbons (Fsp3) is 0.531. The average molecular weight is 501 g/mol. The Morgan fingerprint density at radius 2 is 1.65 bits per heavy atom. The minimum absolute atomic E-state index is 0.00429. The van der Waals surface area contributed by atoms with Crippen LogP contribution in [0.15, 0.2) is 72.8 Å². The monoisotopic (exact) mass is 500 g/mol. The van der Waals surface area contributed by atoms with Gasteiger partial charge in [0.15, 0.2) is 5.72 Å². The lowest BCUT2D eigenvalue weighted by Crippen LogP contribution is -2.57. The van der Waals surface area contributed by atoms with E-state index in [1.807, 2.05) is 60.7 Å². The zero-order chi connectivity index (χ0) is 25.6. The van der Waals surface area contributed by atoms with Gasteiger partial charge < -0.3 is 9.84 Å². The lowest BCUT2D eigenvalue weighted by atomic mass is 9.55. The summed E-state index contributed by atoms with van der Waals surface area (Å²) in [4.78, 5) is 17.7. The normalized spacial score (nSPS) is 33.0. The van der Waals surface area contributed by atoms with Crippen molar-refractivity contribution in [3.05, 3.63) is 83.9 Å². The van der Waals surface area contributed by atoms with Crippen LogP contribution in [0.4, 0.5) is 0 Å². The highest BCUT2D eigenvalue weighted by Gasteiger charge is 2.55. The number of fused-ring (bicyclic) bond motifs is 2. The second kappa shape index (κ2) is 9.68. The van der Waals surface area contributed by atoms with E-state index in [-0.39, 0.29) is 23.4 Å². The fourth-order valence-electron chi connectivity index (χ4n) is 7.87. The summed E-state index contributed by atoms with van der Waals surface area (Å²) in [6, 6.07) is 19.9. The van der Waals surface area contributed by atoms with Gasteiger partial charge in [0.05, 0.1) is 5.92 Å². The Morgan fingerprint density at radius 1 is 1.03 bits per heavy atom. The molecule has 0 unspecified atom stereocenters. The summed E-state index contributed by atoms with van der Waals surface area (Å²) in [5, 5.41) is 12.1. The average Bonchev–Trinajstić information content (AvgIpc) is 3.21. The number of esters is 1. The first-order chi connectivity index (χ1) is 17.9. The second-order valence-corrected chi connectivity index (χ2v) is 12.1. The summed E-state index contributed by atoms with van der Waals surface area (Å²) in [5.41, 5.74) is 2.21. The van der Waals surface area contributed by atoms with Gasteiger partial charge in [-0.3, -0.25) is 14.6 Å². The van der Waals surface area contributed by atoms with E-state index in [9.17, 15) is 9.90 Å². The number of allylic oxidation sites excluding steroid dienone is 1. The predicted octanol–water partition coefficient (Wildman–Crippen LogP) is 4.81. The molecule has 5 heteroatoms. The molecule has 2 saturated heterocycles. The van der Waals surface area contributed by atoms with E-state index >= 15 is 0 Å². The van der Waals surface area contributed by atoms with E-state index in [1.54, 1.807) is 0 Å². The molecule has 196 valence electrons. The van der Waals surface area contributed by atoms with Crippen molar-refractivity contribution in [3.8, 4) is 0 Å². The van der Waals surface area contributed by atoms with E-state index in [0.717, 1.165) is 63.1 Å². The molecule has 0 spiro atoms. The van der Waals surface area contributed by atoms with Crippen LogP contribution in [0.25, 0.3) is 0 Å². The number of carbonyl (C=O) groups excluding carboxylic acids is 1. The molecule has 0 radical (unpaired) electrons. The van der Waals surface area contributed by atoms with Crippen LogP contribution in [0.2, 0.25) is 0 Å². The van der Waals surface area contributed by atoms with Crippen molar-refractivity contribution in [3.63, 3.8) is 0 Å². The molecule has 2 aliphatic heterocycles. The van der Waals surface area contributed by atoms with E-state index < -0.39 is 5.72 Å². The van der Waals surface area contributed by atoms with Gasteiger partial charge in [-0.05, 0) is 43.4 Å². The van der Waals surface area contributed by atoms with Crippen LogP contribution in [0.1, 0.15) is 50.2 Å². The first kappa shape index (κ1) is 24.8. The van der Waals surface area contributed by atoms with Crippen LogP contribution in [0.3, 0.4) is 0 Å². The minimum Gasteiger partial charge on any atom is -0.462 e. The summed E-state index contributed by atoms with van der Waals surface area (Å²) < 4.78 is 6.01. The van der Waals surface area contributed by atoms with E-state index in [2.05, 4.69) is 23.3 Å². The molecule has 0 aromatic heterocycles. The summed E-state index contributed by atoms with van der Waals surface area (Å²) in [5.74, 6) is 0.750.